The molecule has 1 aliphatic rings. The normalized spacial score (nSPS) is 14.2. The van der Waals surface area contributed by atoms with E-state index in [0.717, 1.165) is 0 Å². The zero-order valence-corrected chi connectivity index (χ0v) is 18.6. The third-order valence-corrected chi connectivity index (χ3v) is 7.32. The first-order valence-corrected chi connectivity index (χ1v) is 12.1. The minimum atomic E-state index is -3.52. The van der Waals surface area contributed by atoms with Gasteiger partial charge in [-0.1, -0.05) is 42.5 Å². The molecule has 9 heteroatoms. The predicted molar refractivity (Wildman–Crippen MR) is 125 cm³/mol. The Morgan fingerprint density at radius 1 is 0.879 bits per heavy atom. The molecular weight excluding hydrogens is 442 g/mol. The Labute approximate surface area is 192 Å². The molecule has 0 aliphatic carbocycles. The van der Waals surface area contributed by atoms with Crippen LogP contribution in [0.3, 0.4) is 0 Å². The van der Waals surface area contributed by atoms with Crippen molar-refractivity contribution >= 4 is 27.1 Å². The van der Waals surface area contributed by atoms with Gasteiger partial charge in [0.05, 0.1) is 15.6 Å². The third kappa shape index (κ3) is 5.04. The number of nitro groups is 1. The van der Waals surface area contributed by atoms with E-state index >= 15 is 0 Å². The van der Waals surface area contributed by atoms with Gasteiger partial charge in [-0.25, -0.2) is 8.42 Å². The Morgan fingerprint density at radius 3 is 2.24 bits per heavy atom. The maximum atomic E-state index is 13.1. The van der Waals surface area contributed by atoms with Crippen LogP contribution in [0.1, 0.15) is 15.9 Å². The van der Waals surface area contributed by atoms with Crippen molar-refractivity contribution in [3.63, 3.8) is 0 Å². The van der Waals surface area contributed by atoms with E-state index in [1.807, 2.05) is 4.90 Å². The fraction of sp³-hybridized carbons (Fsp3) is 0.208. The molecule has 8 nitrogen and oxygen atoms in total. The number of carbonyl (C=O) groups excluding carboxylic acids is 1. The van der Waals surface area contributed by atoms with E-state index in [-0.39, 0.29) is 22.2 Å². The number of anilines is 1. The summed E-state index contributed by atoms with van der Waals surface area (Å²) in [5, 5.41) is 11.3. The van der Waals surface area contributed by atoms with Crippen molar-refractivity contribution in [2.24, 2.45) is 0 Å². The molecule has 1 amide bonds. The van der Waals surface area contributed by atoms with Gasteiger partial charge in [0.15, 0.2) is 9.84 Å². The number of benzene rings is 3. The molecule has 0 saturated carbocycles. The van der Waals surface area contributed by atoms with Crippen molar-refractivity contribution in [3.05, 3.63) is 100 Å². The summed E-state index contributed by atoms with van der Waals surface area (Å²) in [5.41, 5.74) is 1.56. The van der Waals surface area contributed by atoms with Crippen LogP contribution in [0.15, 0.2) is 83.8 Å². The first-order chi connectivity index (χ1) is 15.8. The SMILES string of the molecule is O=C(c1cccc(CS(=O)(=O)c2ccccc2)c1)N1CCN(c2ccccc2[N+](=O)[O-])CC1. The number of hydrogen-bond donors (Lipinski definition) is 0. The molecule has 0 radical (unpaired) electrons. The molecule has 0 spiro atoms. The second-order valence-electron chi connectivity index (χ2n) is 7.80. The van der Waals surface area contributed by atoms with Gasteiger partial charge in [0.25, 0.3) is 11.6 Å². The first-order valence-electron chi connectivity index (χ1n) is 10.5. The highest BCUT2D eigenvalue weighted by atomic mass is 32.2. The van der Waals surface area contributed by atoms with Crippen LogP contribution >= 0.6 is 0 Å². The molecule has 170 valence electrons. The molecule has 0 bridgehead atoms. The number of rotatable bonds is 6. The highest BCUT2D eigenvalue weighted by Gasteiger charge is 2.26. The van der Waals surface area contributed by atoms with Crippen LogP contribution < -0.4 is 4.90 Å². The molecule has 0 aromatic heterocycles. The van der Waals surface area contributed by atoms with Crippen LogP contribution in [0, 0.1) is 10.1 Å². The Balaban J connectivity index is 1.44. The van der Waals surface area contributed by atoms with Gasteiger partial charge < -0.3 is 9.80 Å². The van der Waals surface area contributed by atoms with E-state index in [1.54, 1.807) is 77.7 Å². The summed E-state index contributed by atoms with van der Waals surface area (Å²) >= 11 is 0. The van der Waals surface area contributed by atoms with E-state index in [9.17, 15) is 23.3 Å². The smallest absolute Gasteiger partial charge is 0.292 e. The van der Waals surface area contributed by atoms with Gasteiger partial charge in [-0.3, -0.25) is 14.9 Å². The van der Waals surface area contributed by atoms with Crippen LogP contribution in [-0.4, -0.2) is 50.3 Å². The minimum absolute atomic E-state index is 0.0459. The van der Waals surface area contributed by atoms with Crippen molar-refractivity contribution in [2.45, 2.75) is 10.6 Å². The Kier molecular flexibility index (Phi) is 6.41. The quantitative estimate of drug-likeness (QED) is 0.408. The van der Waals surface area contributed by atoms with Crippen LogP contribution in [0.25, 0.3) is 0 Å². The molecule has 1 heterocycles. The van der Waals surface area contributed by atoms with Crippen LogP contribution in [0.4, 0.5) is 11.4 Å². The van der Waals surface area contributed by atoms with Crippen LogP contribution in [0.2, 0.25) is 0 Å². The molecule has 0 unspecified atom stereocenters. The maximum absolute atomic E-state index is 13.1. The summed E-state index contributed by atoms with van der Waals surface area (Å²) in [5.74, 6) is -0.375. The van der Waals surface area contributed by atoms with E-state index in [0.29, 0.717) is 43.0 Å². The molecule has 0 atom stereocenters. The maximum Gasteiger partial charge on any atom is 0.292 e. The lowest BCUT2D eigenvalue weighted by molar-refractivity contribution is -0.384. The number of amides is 1. The van der Waals surface area contributed by atoms with Gasteiger partial charge in [0, 0.05) is 37.8 Å². The van der Waals surface area contributed by atoms with E-state index in [2.05, 4.69) is 0 Å². The second-order valence-corrected chi connectivity index (χ2v) is 9.79. The van der Waals surface area contributed by atoms with Crippen molar-refractivity contribution in [2.75, 3.05) is 31.1 Å². The van der Waals surface area contributed by atoms with Gasteiger partial charge >= 0.3 is 0 Å². The molecule has 1 saturated heterocycles. The fourth-order valence-corrected chi connectivity index (χ4v) is 5.30. The molecule has 0 N–H and O–H groups in total. The van der Waals surface area contributed by atoms with Gasteiger partial charge in [0.2, 0.25) is 0 Å². The lowest BCUT2D eigenvalue weighted by atomic mass is 10.1. The zero-order valence-electron chi connectivity index (χ0n) is 17.8. The molecule has 3 aromatic rings. The third-order valence-electron chi connectivity index (χ3n) is 5.62. The average molecular weight is 466 g/mol. The van der Waals surface area contributed by atoms with Gasteiger partial charge in [-0.15, -0.1) is 0 Å². The number of carbonyl (C=O) groups is 1. The number of piperazine rings is 1. The molecule has 33 heavy (non-hydrogen) atoms. The van der Waals surface area contributed by atoms with Crippen molar-refractivity contribution < 1.29 is 18.1 Å². The number of nitro benzene ring substituents is 1. The van der Waals surface area contributed by atoms with Gasteiger partial charge in [0.1, 0.15) is 5.69 Å². The molecule has 4 rings (SSSR count). The first kappa shape index (κ1) is 22.5. The molecule has 3 aromatic carbocycles. The Morgan fingerprint density at radius 2 is 1.55 bits per heavy atom. The van der Waals surface area contributed by atoms with Crippen LogP contribution in [0.5, 0.6) is 0 Å². The number of hydrogen-bond acceptors (Lipinski definition) is 6. The van der Waals surface area contributed by atoms with Gasteiger partial charge in [-0.05, 0) is 35.9 Å². The second kappa shape index (κ2) is 9.41. The monoisotopic (exact) mass is 465 g/mol. The average Bonchev–Trinajstić information content (AvgIpc) is 2.84. The Hall–Kier alpha value is -3.72. The van der Waals surface area contributed by atoms with E-state index in [1.165, 1.54) is 6.07 Å². The topological polar surface area (TPSA) is 101 Å². The minimum Gasteiger partial charge on any atom is -0.362 e. The van der Waals surface area contributed by atoms with Gasteiger partial charge in [-0.2, -0.15) is 0 Å². The van der Waals surface area contributed by atoms with E-state index < -0.39 is 14.8 Å². The summed E-state index contributed by atoms with van der Waals surface area (Å²) in [6.45, 7) is 1.77. The van der Waals surface area contributed by atoms with E-state index in [4.69, 9.17) is 0 Å². The summed E-state index contributed by atoms with van der Waals surface area (Å²) in [4.78, 5) is 27.8. The summed E-state index contributed by atoms with van der Waals surface area (Å²) in [7, 11) is -3.52. The summed E-state index contributed by atoms with van der Waals surface area (Å²) < 4.78 is 25.4. The summed E-state index contributed by atoms with van der Waals surface area (Å²) in [6.07, 6.45) is 0. The number of para-hydroxylation sites is 2. The molecule has 1 fully saturated rings. The number of sulfone groups is 1. The zero-order chi connectivity index (χ0) is 23.4. The molecular formula is C24H23N3O5S. The predicted octanol–water partition coefficient (Wildman–Crippen LogP) is 3.53. The lowest BCUT2D eigenvalue weighted by Crippen LogP contribution is -2.49. The van der Waals surface area contributed by atoms with Crippen molar-refractivity contribution in [3.8, 4) is 0 Å². The molecule has 1 aliphatic heterocycles. The lowest BCUT2D eigenvalue weighted by Gasteiger charge is -2.35. The highest BCUT2D eigenvalue weighted by Crippen LogP contribution is 2.28. The Bertz CT molecular complexity index is 1270. The number of nitrogens with zero attached hydrogens (tertiary/aromatic N) is 3. The highest BCUT2D eigenvalue weighted by molar-refractivity contribution is 7.90. The van der Waals surface area contributed by atoms with Crippen molar-refractivity contribution in [1.29, 1.82) is 0 Å². The van der Waals surface area contributed by atoms with Crippen LogP contribution in [-0.2, 0) is 15.6 Å². The van der Waals surface area contributed by atoms with Crippen molar-refractivity contribution in [1.82, 2.24) is 4.90 Å². The fourth-order valence-electron chi connectivity index (χ4n) is 3.94. The largest absolute Gasteiger partial charge is 0.362 e. The standard InChI is InChI=1S/C24H23N3O5S/c28-24(26-15-13-25(14-16-26)22-11-4-5-12-23(22)27(29)30)20-8-6-7-19(17-20)18-33(31,32)21-9-2-1-3-10-21/h1-12,17H,13-16,18H2. The summed E-state index contributed by atoms with van der Waals surface area (Å²) in [6, 6.07) is 21.5.